The van der Waals surface area contributed by atoms with E-state index in [1.165, 1.54) is 84.7 Å². The summed E-state index contributed by atoms with van der Waals surface area (Å²) in [5, 5.41) is 0. The average molecular weight is 613 g/mol. The molecule has 236 valence electrons. The Morgan fingerprint density at radius 3 is 1.09 bits per heavy atom. The molecule has 4 N–H and O–H groups in total. The van der Waals surface area contributed by atoms with Crippen LogP contribution in [-0.4, -0.2) is 13.2 Å². The Morgan fingerprint density at radius 2 is 0.773 bits per heavy atom. The molecule has 0 aliphatic heterocycles. The molecule has 0 amide bonds. The van der Waals surface area contributed by atoms with Crippen molar-refractivity contribution in [3.63, 3.8) is 0 Å². The van der Waals surface area contributed by atoms with Gasteiger partial charge in [0.1, 0.15) is 0 Å². The van der Waals surface area contributed by atoms with E-state index in [2.05, 4.69) is 111 Å². The molecule has 4 aromatic rings. The predicted molar refractivity (Wildman–Crippen MR) is 191 cm³/mol. The number of aryl methyl sites for hydroxylation is 2. The summed E-state index contributed by atoms with van der Waals surface area (Å²) in [5.41, 5.74) is 22.8. The third-order valence-electron chi connectivity index (χ3n) is 8.49. The zero-order valence-corrected chi connectivity index (χ0v) is 27.7. The summed E-state index contributed by atoms with van der Waals surface area (Å²) in [4.78, 5) is 0. The highest BCUT2D eigenvalue weighted by Crippen LogP contribution is 2.25. The van der Waals surface area contributed by atoms with Crippen LogP contribution in [0.4, 0.5) is 0 Å². The molecule has 4 aromatic carbocycles. The van der Waals surface area contributed by atoms with Crippen LogP contribution in [0.5, 0.6) is 0 Å². The van der Waals surface area contributed by atoms with Gasteiger partial charge in [-0.1, -0.05) is 149 Å². The van der Waals surface area contributed by atoms with Crippen molar-refractivity contribution in [2.24, 2.45) is 11.5 Å². The minimum Gasteiger partial charge on any atom is -0.378 e. The highest BCUT2D eigenvalue weighted by atomic mass is 35.5. The zero-order chi connectivity index (χ0) is 30.3. The molecule has 2 unspecified atom stereocenters. The van der Waals surface area contributed by atoms with E-state index in [1.807, 2.05) is 0 Å². The number of rotatable bonds is 18. The lowest BCUT2D eigenvalue weighted by Crippen LogP contribution is -2.22. The SMILES string of the molecule is CCCCCCc1ccc(-c2ccc(C(N)COCC(N)c3ccc(-c4ccc(CCCCCC)cc4)cc3)cc2)cc1.Cl. The maximum Gasteiger partial charge on any atom is 0.0660 e. The second-order valence-electron chi connectivity index (χ2n) is 12.0. The summed E-state index contributed by atoms with van der Waals surface area (Å²) in [5.74, 6) is 0. The van der Waals surface area contributed by atoms with Gasteiger partial charge < -0.3 is 16.2 Å². The van der Waals surface area contributed by atoms with Gasteiger partial charge in [-0.3, -0.25) is 0 Å². The molecule has 0 saturated heterocycles. The summed E-state index contributed by atoms with van der Waals surface area (Å²) in [6, 6.07) is 34.6. The number of unbranched alkanes of at least 4 members (excludes halogenated alkanes) is 6. The van der Waals surface area contributed by atoms with Crippen molar-refractivity contribution < 1.29 is 4.74 Å². The highest BCUT2D eigenvalue weighted by Gasteiger charge is 2.11. The normalized spacial score (nSPS) is 12.5. The molecule has 0 aliphatic carbocycles. The zero-order valence-electron chi connectivity index (χ0n) is 26.8. The first kappa shape index (κ1) is 35.5. The molecule has 0 heterocycles. The van der Waals surface area contributed by atoms with Crippen LogP contribution >= 0.6 is 12.4 Å². The number of halogens is 1. The molecule has 0 bridgehead atoms. The second kappa shape index (κ2) is 19.4. The molecule has 0 fully saturated rings. The maximum atomic E-state index is 6.47. The fourth-order valence-corrected chi connectivity index (χ4v) is 5.60. The van der Waals surface area contributed by atoms with Crippen molar-refractivity contribution in [2.45, 2.75) is 90.1 Å². The van der Waals surface area contributed by atoms with Gasteiger partial charge in [-0.15, -0.1) is 12.4 Å². The lowest BCUT2D eigenvalue weighted by molar-refractivity contribution is 0.109. The molecular formula is C40H53ClN2O. The first-order valence-electron chi connectivity index (χ1n) is 16.5. The summed E-state index contributed by atoms with van der Waals surface area (Å²) in [7, 11) is 0. The minimum atomic E-state index is -0.191. The monoisotopic (exact) mass is 612 g/mol. The Morgan fingerprint density at radius 1 is 0.455 bits per heavy atom. The maximum absolute atomic E-state index is 6.47. The van der Waals surface area contributed by atoms with E-state index >= 15 is 0 Å². The highest BCUT2D eigenvalue weighted by molar-refractivity contribution is 5.85. The van der Waals surface area contributed by atoms with Crippen LogP contribution < -0.4 is 11.5 Å². The minimum absolute atomic E-state index is 0. The van der Waals surface area contributed by atoms with Gasteiger partial charge in [0.25, 0.3) is 0 Å². The molecule has 0 aliphatic rings. The van der Waals surface area contributed by atoms with Gasteiger partial charge in [0.2, 0.25) is 0 Å². The summed E-state index contributed by atoms with van der Waals surface area (Å²) < 4.78 is 5.97. The fourth-order valence-electron chi connectivity index (χ4n) is 5.60. The lowest BCUT2D eigenvalue weighted by atomic mass is 9.99. The smallest absolute Gasteiger partial charge is 0.0660 e. The summed E-state index contributed by atoms with van der Waals surface area (Å²) >= 11 is 0. The third-order valence-corrected chi connectivity index (χ3v) is 8.49. The number of hydrogen-bond donors (Lipinski definition) is 2. The van der Waals surface area contributed by atoms with E-state index in [1.54, 1.807) is 0 Å². The first-order chi connectivity index (χ1) is 21.1. The summed E-state index contributed by atoms with van der Waals surface area (Å²) in [6.07, 6.45) is 12.7. The van der Waals surface area contributed by atoms with Gasteiger partial charge in [-0.25, -0.2) is 0 Å². The largest absolute Gasteiger partial charge is 0.378 e. The standard InChI is InChI=1S/C40H52N2O.ClH/c1-3-5-7-9-11-31-13-17-33(18-14-31)35-21-25-37(26-22-35)39(41)29-43-30-40(42)38-27-23-36(24-28-38)34-19-15-32(16-20-34)12-10-8-6-4-2;/h13-28,39-40H,3-12,29-30,41-42H2,1-2H3;1H. The molecule has 0 radical (unpaired) electrons. The van der Waals surface area contributed by atoms with Crippen LogP contribution in [-0.2, 0) is 17.6 Å². The number of benzene rings is 4. The van der Waals surface area contributed by atoms with Crippen LogP contribution in [0.3, 0.4) is 0 Å². The lowest BCUT2D eigenvalue weighted by Gasteiger charge is -2.17. The van der Waals surface area contributed by atoms with Crippen LogP contribution in [0, 0.1) is 0 Å². The Kier molecular flexibility index (Phi) is 15.7. The molecule has 3 nitrogen and oxygen atoms in total. The molecule has 0 spiro atoms. The fraction of sp³-hybridized carbons (Fsp3) is 0.400. The van der Waals surface area contributed by atoms with Crippen molar-refractivity contribution in [1.82, 2.24) is 0 Å². The van der Waals surface area contributed by atoms with Gasteiger partial charge in [-0.2, -0.15) is 0 Å². The topological polar surface area (TPSA) is 61.3 Å². The predicted octanol–water partition coefficient (Wildman–Crippen LogP) is 10.4. The molecule has 4 heteroatoms. The molecular weight excluding hydrogens is 560 g/mol. The van der Waals surface area contributed by atoms with Gasteiger partial charge in [0.05, 0.1) is 25.3 Å². The van der Waals surface area contributed by atoms with E-state index in [0.29, 0.717) is 13.2 Å². The number of hydrogen-bond acceptors (Lipinski definition) is 3. The molecule has 44 heavy (non-hydrogen) atoms. The van der Waals surface area contributed by atoms with Crippen LogP contribution in [0.15, 0.2) is 97.1 Å². The number of ether oxygens (including phenoxy) is 1. The quantitative estimate of drug-likeness (QED) is 0.110. The Bertz CT molecular complexity index is 1210. The van der Waals surface area contributed by atoms with Gasteiger partial charge in [0, 0.05) is 0 Å². The Balaban J connectivity index is 0.00000529. The molecule has 4 rings (SSSR count). The Hall–Kier alpha value is -2.95. The van der Waals surface area contributed by atoms with E-state index in [0.717, 1.165) is 24.0 Å². The van der Waals surface area contributed by atoms with E-state index < -0.39 is 0 Å². The van der Waals surface area contributed by atoms with Crippen LogP contribution in [0.25, 0.3) is 22.3 Å². The second-order valence-corrected chi connectivity index (χ2v) is 12.0. The Labute approximate surface area is 272 Å². The van der Waals surface area contributed by atoms with Crippen molar-refractivity contribution in [3.05, 3.63) is 119 Å². The average Bonchev–Trinajstić information content (AvgIpc) is 3.06. The van der Waals surface area contributed by atoms with Gasteiger partial charge in [-0.05, 0) is 70.2 Å². The van der Waals surface area contributed by atoms with Crippen molar-refractivity contribution in [1.29, 1.82) is 0 Å². The van der Waals surface area contributed by atoms with Crippen molar-refractivity contribution >= 4 is 12.4 Å². The van der Waals surface area contributed by atoms with Gasteiger partial charge in [0.15, 0.2) is 0 Å². The van der Waals surface area contributed by atoms with E-state index in [-0.39, 0.29) is 24.5 Å². The third kappa shape index (κ3) is 11.2. The van der Waals surface area contributed by atoms with E-state index in [4.69, 9.17) is 16.2 Å². The summed E-state index contributed by atoms with van der Waals surface area (Å²) in [6.45, 7) is 5.38. The molecule has 0 aromatic heterocycles. The van der Waals surface area contributed by atoms with E-state index in [9.17, 15) is 0 Å². The van der Waals surface area contributed by atoms with Gasteiger partial charge >= 0.3 is 0 Å². The first-order valence-corrected chi connectivity index (χ1v) is 16.5. The van der Waals surface area contributed by atoms with Crippen LogP contribution in [0.1, 0.15) is 99.6 Å². The van der Waals surface area contributed by atoms with Crippen molar-refractivity contribution in [3.8, 4) is 22.3 Å². The molecule has 0 saturated carbocycles. The van der Waals surface area contributed by atoms with Crippen molar-refractivity contribution in [2.75, 3.05) is 13.2 Å². The van der Waals surface area contributed by atoms with Crippen LogP contribution in [0.2, 0.25) is 0 Å². The number of nitrogens with two attached hydrogens (primary N) is 2. The molecule has 2 atom stereocenters.